The monoisotopic (exact) mass is 527 g/mol. The average Bonchev–Trinajstić information content (AvgIpc) is 3.70. The van der Waals surface area contributed by atoms with Crippen molar-refractivity contribution in [3.63, 3.8) is 0 Å². The Labute approximate surface area is 229 Å². The Kier molecular flexibility index (Phi) is 5.85. The van der Waals surface area contributed by atoms with E-state index in [1.165, 1.54) is 4.68 Å². The van der Waals surface area contributed by atoms with E-state index in [0.717, 1.165) is 38.7 Å². The summed E-state index contributed by atoms with van der Waals surface area (Å²) in [6, 6.07) is 30.5. The number of benzene rings is 4. The molecule has 0 radical (unpaired) electrons. The SMILES string of the molecule is O=C(N[C@@H](Cc1c[nH]c2ccccc12)C(=O)n1nnc2ccccc21)OCC1c2ccccc2-c2ccccc21. The molecule has 1 amide bonds. The first kappa shape index (κ1) is 23.8. The number of aromatic nitrogens is 4. The summed E-state index contributed by atoms with van der Waals surface area (Å²) in [5.41, 5.74) is 7.58. The number of fused-ring (bicyclic) bond motifs is 5. The fourth-order valence-electron chi connectivity index (χ4n) is 5.68. The second-order valence-corrected chi connectivity index (χ2v) is 9.91. The first-order valence-corrected chi connectivity index (χ1v) is 13.2. The molecule has 8 nitrogen and oxygen atoms in total. The number of carbonyl (C=O) groups is 2. The second kappa shape index (κ2) is 9.81. The van der Waals surface area contributed by atoms with Crippen LogP contribution in [0.4, 0.5) is 4.79 Å². The van der Waals surface area contributed by atoms with Gasteiger partial charge in [-0.25, -0.2) is 4.79 Å². The molecule has 2 aromatic heterocycles. The minimum Gasteiger partial charge on any atom is -0.449 e. The molecule has 0 aliphatic heterocycles. The zero-order valence-electron chi connectivity index (χ0n) is 21.5. The molecular formula is C32H25N5O3. The minimum atomic E-state index is -0.931. The number of H-pyrrole nitrogens is 1. The van der Waals surface area contributed by atoms with Gasteiger partial charge in [-0.05, 0) is 46.0 Å². The van der Waals surface area contributed by atoms with E-state index in [9.17, 15) is 9.59 Å². The lowest BCUT2D eigenvalue weighted by Gasteiger charge is -2.19. The van der Waals surface area contributed by atoms with Crippen molar-refractivity contribution in [2.24, 2.45) is 0 Å². The summed E-state index contributed by atoms with van der Waals surface area (Å²) in [5.74, 6) is -0.479. The predicted octanol–water partition coefficient (Wildman–Crippen LogP) is 5.70. The number of rotatable bonds is 6. The number of hydrogen-bond acceptors (Lipinski definition) is 5. The van der Waals surface area contributed by atoms with Crippen LogP contribution in [0, 0.1) is 0 Å². The molecular weight excluding hydrogens is 502 g/mol. The van der Waals surface area contributed by atoms with Crippen LogP contribution in [0.3, 0.4) is 0 Å². The lowest BCUT2D eigenvalue weighted by Crippen LogP contribution is -2.45. The van der Waals surface area contributed by atoms with Crippen molar-refractivity contribution in [1.82, 2.24) is 25.3 Å². The molecule has 6 aromatic rings. The van der Waals surface area contributed by atoms with Crippen molar-refractivity contribution in [2.75, 3.05) is 6.61 Å². The minimum absolute atomic E-state index is 0.0832. The van der Waals surface area contributed by atoms with Crippen LogP contribution >= 0.6 is 0 Å². The number of hydrogen-bond donors (Lipinski definition) is 2. The maximum atomic E-state index is 13.8. The third-order valence-corrected chi connectivity index (χ3v) is 7.59. The van der Waals surface area contributed by atoms with Crippen molar-refractivity contribution in [2.45, 2.75) is 18.4 Å². The molecule has 0 saturated carbocycles. The molecule has 4 aromatic carbocycles. The van der Waals surface area contributed by atoms with Crippen LogP contribution in [-0.2, 0) is 11.2 Å². The van der Waals surface area contributed by atoms with Crippen LogP contribution in [0.5, 0.6) is 0 Å². The Morgan fingerprint density at radius 2 is 1.55 bits per heavy atom. The van der Waals surface area contributed by atoms with Crippen LogP contribution < -0.4 is 5.32 Å². The summed E-state index contributed by atoms with van der Waals surface area (Å²) in [6.07, 6.45) is 1.45. The van der Waals surface area contributed by atoms with Crippen LogP contribution in [0.1, 0.15) is 27.4 Å². The van der Waals surface area contributed by atoms with Crippen molar-refractivity contribution in [1.29, 1.82) is 0 Å². The summed E-state index contributed by atoms with van der Waals surface area (Å²) in [5, 5.41) is 12.0. The van der Waals surface area contributed by atoms with Gasteiger partial charge in [-0.1, -0.05) is 84.1 Å². The van der Waals surface area contributed by atoms with Gasteiger partial charge in [-0.2, -0.15) is 4.68 Å². The molecule has 2 N–H and O–H groups in total. The van der Waals surface area contributed by atoms with Crippen molar-refractivity contribution >= 4 is 33.9 Å². The van der Waals surface area contributed by atoms with Crippen LogP contribution in [0.2, 0.25) is 0 Å². The van der Waals surface area contributed by atoms with E-state index in [4.69, 9.17) is 4.74 Å². The number of carbonyl (C=O) groups excluding carboxylic acids is 2. The molecule has 1 atom stereocenters. The Bertz CT molecular complexity index is 1840. The van der Waals surface area contributed by atoms with Gasteiger partial charge in [0.25, 0.3) is 5.91 Å². The molecule has 7 rings (SSSR count). The van der Waals surface area contributed by atoms with Crippen LogP contribution in [0.15, 0.2) is 103 Å². The molecule has 1 aliphatic rings. The molecule has 2 heterocycles. The number of aromatic amines is 1. The van der Waals surface area contributed by atoms with E-state index in [1.807, 2.05) is 66.9 Å². The van der Waals surface area contributed by atoms with Crippen molar-refractivity contribution in [3.8, 4) is 11.1 Å². The smallest absolute Gasteiger partial charge is 0.407 e. The van der Waals surface area contributed by atoms with Crippen LogP contribution in [0.25, 0.3) is 33.1 Å². The molecule has 8 heteroatoms. The van der Waals surface area contributed by atoms with Gasteiger partial charge in [-0.3, -0.25) is 4.79 Å². The molecule has 40 heavy (non-hydrogen) atoms. The van der Waals surface area contributed by atoms with Gasteiger partial charge < -0.3 is 15.0 Å². The van der Waals surface area contributed by atoms with Crippen molar-refractivity contribution in [3.05, 3.63) is 120 Å². The third kappa shape index (κ3) is 4.10. The number of amides is 1. The third-order valence-electron chi connectivity index (χ3n) is 7.59. The molecule has 0 fully saturated rings. The number of nitrogens with one attached hydrogen (secondary N) is 2. The molecule has 1 aliphatic carbocycles. The summed E-state index contributed by atoms with van der Waals surface area (Å²) in [6.45, 7) is 0.153. The quantitative estimate of drug-likeness (QED) is 0.289. The number of ether oxygens (including phenoxy) is 1. The zero-order valence-corrected chi connectivity index (χ0v) is 21.5. The normalized spacial score (nSPS) is 13.2. The van der Waals surface area contributed by atoms with E-state index < -0.39 is 18.0 Å². The lowest BCUT2D eigenvalue weighted by molar-refractivity contribution is 0.0826. The van der Waals surface area contributed by atoms with E-state index in [0.29, 0.717) is 11.0 Å². The number of alkyl carbamates (subject to hydrolysis) is 1. The first-order valence-electron chi connectivity index (χ1n) is 13.2. The van der Waals surface area contributed by atoms with E-state index in [-0.39, 0.29) is 18.9 Å². The second-order valence-electron chi connectivity index (χ2n) is 9.91. The topological polar surface area (TPSA) is 102 Å². The lowest BCUT2D eigenvalue weighted by atomic mass is 9.98. The maximum Gasteiger partial charge on any atom is 0.407 e. The Balaban J connectivity index is 1.15. The fraction of sp³-hybridized carbons (Fsp3) is 0.125. The largest absolute Gasteiger partial charge is 0.449 e. The van der Waals surface area contributed by atoms with Gasteiger partial charge in [0.05, 0.1) is 5.52 Å². The zero-order chi connectivity index (χ0) is 27.1. The molecule has 0 spiro atoms. The van der Waals surface area contributed by atoms with Gasteiger partial charge in [-0.15, -0.1) is 5.10 Å². The standard InChI is InChI=1S/C32H25N5O3/c38-31(37-30-16-8-7-15-28(30)35-36-37)29(17-20-18-33-27-14-6-5-9-21(20)27)34-32(39)40-19-26-24-12-3-1-10-22(24)23-11-2-4-13-25(23)26/h1-16,18,26,29,33H,17,19H2,(H,34,39)/t29-/m0/s1. The Morgan fingerprint density at radius 1 is 0.875 bits per heavy atom. The first-order chi connectivity index (χ1) is 19.7. The van der Waals surface area contributed by atoms with Crippen molar-refractivity contribution < 1.29 is 14.3 Å². The van der Waals surface area contributed by atoms with Crippen LogP contribution in [-0.4, -0.2) is 44.6 Å². The highest BCUT2D eigenvalue weighted by atomic mass is 16.5. The number of para-hydroxylation sites is 2. The molecule has 0 saturated heterocycles. The summed E-state index contributed by atoms with van der Waals surface area (Å²) in [7, 11) is 0. The van der Waals surface area contributed by atoms with E-state index >= 15 is 0 Å². The summed E-state index contributed by atoms with van der Waals surface area (Å²) in [4.78, 5) is 30.3. The maximum absolute atomic E-state index is 13.8. The highest BCUT2D eigenvalue weighted by molar-refractivity contribution is 5.94. The molecule has 0 unspecified atom stereocenters. The van der Waals surface area contributed by atoms with E-state index in [1.54, 1.807) is 12.1 Å². The van der Waals surface area contributed by atoms with Gasteiger partial charge in [0.15, 0.2) is 0 Å². The molecule has 0 bridgehead atoms. The average molecular weight is 528 g/mol. The fourth-order valence-corrected chi connectivity index (χ4v) is 5.68. The van der Waals surface area contributed by atoms with Gasteiger partial charge in [0.2, 0.25) is 0 Å². The number of nitrogens with zero attached hydrogens (tertiary/aromatic N) is 3. The van der Waals surface area contributed by atoms with Gasteiger partial charge in [0.1, 0.15) is 18.2 Å². The van der Waals surface area contributed by atoms with Gasteiger partial charge in [0, 0.05) is 29.4 Å². The molecule has 196 valence electrons. The summed E-state index contributed by atoms with van der Waals surface area (Å²) >= 11 is 0. The highest BCUT2D eigenvalue weighted by Gasteiger charge is 2.31. The summed E-state index contributed by atoms with van der Waals surface area (Å²) < 4.78 is 7.03. The van der Waals surface area contributed by atoms with Gasteiger partial charge >= 0.3 is 6.09 Å². The Morgan fingerprint density at radius 3 is 2.35 bits per heavy atom. The predicted molar refractivity (Wildman–Crippen MR) is 152 cm³/mol. The highest BCUT2D eigenvalue weighted by Crippen LogP contribution is 2.44. The van der Waals surface area contributed by atoms with E-state index in [2.05, 4.69) is 44.9 Å². The Hall–Kier alpha value is -5.24.